The molecule has 13 heteroatoms. The fraction of sp³-hybridized carbons (Fsp3) is 0.450. The maximum atomic E-state index is 12.7. The summed E-state index contributed by atoms with van der Waals surface area (Å²) in [5.74, 6) is 3.93. The van der Waals surface area contributed by atoms with Gasteiger partial charge in [0.1, 0.15) is 0 Å². The van der Waals surface area contributed by atoms with Crippen LogP contribution in [-0.4, -0.2) is 46.4 Å². The van der Waals surface area contributed by atoms with Crippen LogP contribution in [0, 0.1) is 11.3 Å². The van der Waals surface area contributed by atoms with Crippen molar-refractivity contribution in [2.24, 2.45) is 11.8 Å². The van der Waals surface area contributed by atoms with Crippen LogP contribution in [0.4, 0.5) is 13.2 Å². The van der Waals surface area contributed by atoms with E-state index in [4.69, 9.17) is 29.2 Å². The molecule has 0 spiro atoms. The molecule has 0 aromatic carbocycles. The molecule has 182 valence electrons. The minimum absolute atomic E-state index is 0. The van der Waals surface area contributed by atoms with Crippen LogP contribution < -0.4 is 11.2 Å². The summed E-state index contributed by atoms with van der Waals surface area (Å²) in [7, 11) is 0. The predicted octanol–water partition coefficient (Wildman–Crippen LogP) is 3.24. The average molecular weight is 657 g/mol. The number of rotatable bonds is 5. The van der Waals surface area contributed by atoms with Gasteiger partial charge < -0.3 is 38.4 Å². The molecule has 5 N–H and O–H groups in total. The summed E-state index contributed by atoms with van der Waals surface area (Å²) < 4.78 is 38.7. The molecule has 1 aliphatic heterocycles. The molecule has 1 heterocycles. The first-order valence-corrected chi connectivity index (χ1v) is 10.0. The Bertz CT molecular complexity index is 848. The van der Waals surface area contributed by atoms with Crippen LogP contribution in [-0.2, 0) is 43.5 Å². The maximum Gasteiger partial charge on any atom is 2.00 e. The third-order valence-electron chi connectivity index (χ3n) is 4.64. The number of hydrogen-bond acceptors (Lipinski definition) is 6. The second-order valence-corrected chi connectivity index (χ2v) is 7.46. The summed E-state index contributed by atoms with van der Waals surface area (Å²) in [5.41, 5.74) is -0.457. The molecule has 0 atom stereocenters. The Morgan fingerprint density at radius 2 is 1.85 bits per heavy atom. The number of nitrogens with one attached hydrogen (secondary N) is 2. The quantitative estimate of drug-likeness (QED) is 0.118. The summed E-state index contributed by atoms with van der Waals surface area (Å²) in [6.45, 7) is 4.32. The smallest absolute Gasteiger partial charge is 0.662 e. The zero-order chi connectivity index (χ0) is 24.5. The molecule has 0 aromatic rings. The van der Waals surface area contributed by atoms with Crippen LogP contribution in [0.3, 0.4) is 0 Å². The number of allylic oxidation sites excluding steroid dienone is 6. The molecule has 0 saturated carbocycles. The van der Waals surface area contributed by atoms with Crippen molar-refractivity contribution in [1.29, 1.82) is 5.41 Å². The van der Waals surface area contributed by atoms with Crippen molar-refractivity contribution >= 4 is 30.4 Å². The number of carboxylic acids is 1. The molecular weight excluding hydrogens is 631 g/mol. The third kappa shape index (κ3) is 10.7. The van der Waals surface area contributed by atoms with Gasteiger partial charge in [0.25, 0.3) is 5.91 Å². The Morgan fingerprint density at radius 1 is 1.27 bits per heavy atom. The average Bonchev–Trinajstić information content (AvgIpc) is 2.94. The zero-order valence-electron chi connectivity index (χ0n) is 18.1. The van der Waals surface area contributed by atoms with Crippen molar-refractivity contribution < 1.29 is 48.9 Å². The first kappa shape index (κ1) is 31.1. The first-order valence-electron chi connectivity index (χ1n) is 9.65. The van der Waals surface area contributed by atoms with Gasteiger partial charge in [0.2, 0.25) is 0 Å². The van der Waals surface area contributed by atoms with Crippen molar-refractivity contribution in [3.8, 4) is 0 Å². The number of amides is 1. The number of alkyl halides is 3. The Hall–Kier alpha value is -1.88. The van der Waals surface area contributed by atoms with Crippen LogP contribution in [0.5, 0.6) is 0 Å². The number of nitrogens with zero attached hydrogens (tertiary/aromatic N) is 2. The molecule has 8 nitrogen and oxygen atoms in total. The molecule has 0 aromatic heterocycles. The number of carboxylic acid groups (broad SMARTS) is 1. The summed E-state index contributed by atoms with van der Waals surface area (Å²) in [6, 6.07) is 0. The summed E-state index contributed by atoms with van der Waals surface area (Å²) in [6.07, 6.45) is 1.49. The van der Waals surface area contributed by atoms with Gasteiger partial charge >= 0.3 is 33.2 Å². The van der Waals surface area contributed by atoms with Gasteiger partial charge in [-0.15, -0.1) is 13.1 Å². The van der Waals surface area contributed by atoms with Crippen LogP contribution in [0.25, 0.3) is 5.32 Å². The molecule has 2 rings (SSSR count). The van der Waals surface area contributed by atoms with Crippen LogP contribution in [0.15, 0.2) is 46.8 Å². The summed E-state index contributed by atoms with van der Waals surface area (Å²) in [5, 5.41) is 22.6. The van der Waals surface area contributed by atoms with Gasteiger partial charge in [-0.1, -0.05) is 25.0 Å². The van der Waals surface area contributed by atoms with Crippen LogP contribution >= 0.6 is 0 Å². The van der Waals surface area contributed by atoms with E-state index in [1.165, 1.54) is 26.0 Å². The molecule has 1 fully saturated rings. The Morgan fingerprint density at radius 3 is 2.27 bits per heavy atom. The van der Waals surface area contributed by atoms with Gasteiger partial charge in [-0.2, -0.15) is 13.2 Å². The van der Waals surface area contributed by atoms with Gasteiger partial charge in [0.15, 0.2) is 0 Å². The topological polar surface area (TPSA) is 134 Å². The number of halogens is 3. The van der Waals surface area contributed by atoms with Gasteiger partial charge in [-0.05, 0) is 32.4 Å². The van der Waals surface area contributed by atoms with E-state index in [0.717, 1.165) is 42.5 Å². The number of aliphatic carboxylic acids is 1. The molecule has 1 aliphatic carbocycles. The number of carbonyl (C=O) groups excluding carboxylic acids is 1. The minimum atomic E-state index is -4.42. The molecule has 2 aliphatic rings. The number of nitrogens with two attached hydrogens (primary N) is 1. The standard InChI is InChI=1S/C14H16F3N4OS.C6H10NO2.W/c1-8(18)12(9(2)21(19)23)13(22)20-11-5-3-4-10(6-7-11)14(15,16)17;8-6(9)5-1-3-7-4-2-5;/h3,5-7,18H,4,19H2,1-2H3,(H,20,22);5H,1-4H2,(H,8,9);/q2*-1;+2/b12-9-,18-8?;;. The minimum Gasteiger partial charge on any atom is -0.662 e. The first-order chi connectivity index (χ1) is 14.8. The second kappa shape index (κ2) is 14.4. The van der Waals surface area contributed by atoms with Gasteiger partial charge in [-0.3, -0.25) is 15.4 Å². The molecular formula is C20H26F3N5O3SW. The van der Waals surface area contributed by atoms with E-state index in [2.05, 4.69) is 10.6 Å². The summed E-state index contributed by atoms with van der Waals surface area (Å²) >= 11 is 4.71. The van der Waals surface area contributed by atoms with Gasteiger partial charge in [-0.25, -0.2) is 0 Å². The second-order valence-electron chi connectivity index (χ2n) is 7.07. The number of piperidine rings is 1. The Balaban J connectivity index is 0.000000856. The van der Waals surface area contributed by atoms with Crippen molar-refractivity contribution in [1.82, 2.24) is 9.73 Å². The van der Waals surface area contributed by atoms with E-state index in [1.807, 2.05) is 0 Å². The van der Waals surface area contributed by atoms with E-state index < -0.39 is 23.6 Å². The largest absolute Gasteiger partial charge is 2.00 e. The normalized spacial score (nSPS) is 17.1. The third-order valence-corrected chi connectivity index (χ3v) is 4.91. The van der Waals surface area contributed by atoms with E-state index in [9.17, 15) is 22.8 Å². The molecule has 0 bridgehead atoms. The SMILES string of the molecule is CC(=N)/C(C(=O)NC1=CC=C(C(F)(F)F)CC=C1)=C(\C)N(N)[S-].O=C(O)C1CC[N-]CC1.[W+2]. The number of hydrazine groups is 1. The zero-order valence-corrected chi connectivity index (χ0v) is 21.9. The van der Waals surface area contributed by atoms with Crippen molar-refractivity contribution in [3.05, 3.63) is 52.2 Å². The van der Waals surface area contributed by atoms with Crippen molar-refractivity contribution in [3.63, 3.8) is 0 Å². The molecule has 33 heavy (non-hydrogen) atoms. The van der Waals surface area contributed by atoms with E-state index in [1.54, 1.807) is 0 Å². The van der Waals surface area contributed by atoms with Crippen molar-refractivity contribution in [2.45, 2.75) is 39.3 Å². The Labute approximate surface area is 210 Å². The fourth-order valence-electron chi connectivity index (χ4n) is 2.83. The molecule has 1 amide bonds. The van der Waals surface area contributed by atoms with Crippen molar-refractivity contribution in [2.75, 3.05) is 13.1 Å². The maximum absolute atomic E-state index is 12.7. The fourth-order valence-corrected chi connectivity index (χ4v) is 2.92. The van der Waals surface area contributed by atoms with Gasteiger partial charge in [0, 0.05) is 22.7 Å². The van der Waals surface area contributed by atoms with E-state index >= 15 is 0 Å². The van der Waals surface area contributed by atoms with Gasteiger partial charge in [0.05, 0.1) is 11.5 Å². The molecule has 1 saturated heterocycles. The predicted molar refractivity (Wildman–Crippen MR) is 117 cm³/mol. The summed E-state index contributed by atoms with van der Waals surface area (Å²) in [4.78, 5) is 22.5. The van der Waals surface area contributed by atoms with Crippen LogP contribution in [0.2, 0.25) is 0 Å². The number of carbonyl (C=O) groups is 2. The monoisotopic (exact) mass is 657 g/mol. The van der Waals surface area contributed by atoms with Crippen LogP contribution in [0.1, 0.15) is 33.1 Å². The molecule has 0 unspecified atom stereocenters. The molecule has 0 radical (unpaired) electrons. The van der Waals surface area contributed by atoms with E-state index in [0.29, 0.717) is 0 Å². The Kier molecular flexibility index (Phi) is 13.6. The van der Waals surface area contributed by atoms with E-state index in [-0.39, 0.29) is 56.1 Å². The number of hydrogen-bond donors (Lipinski definition) is 4.